The van der Waals surface area contributed by atoms with Gasteiger partial charge in [-0.05, 0) is 6.42 Å². The van der Waals surface area contributed by atoms with E-state index in [1.807, 2.05) is 0 Å². The average molecular weight is 587 g/mol. The quantitative estimate of drug-likeness (QED) is 0.0394. The lowest BCUT2D eigenvalue weighted by molar-refractivity contribution is -0.134. The van der Waals surface area contributed by atoms with E-state index >= 15 is 0 Å². The molecule has 0 fully saturated rings. The van der Waals surface area contributed by atoms with Gasteiger partial charge in [0.15, 0.2) is 5.78 Å². The molecule has 41 heavy (non-hydrogen) atoms. The van der Waals surface area contributed by atoms with Crippen molar-refractivity contribution < 1.29 is 19.2 Å². The molecule has 0 saturated heterocycles. The summed E-state index contributed by atoms with van der Waals surface area (Å²) in [5.41, 5.74) is 16.9. The van der Waals surface area contributed by atoms with Gasteiger partial charge in [-0.15, -0.1) is 0 Å². The molecule has 0 aromatic rings. The molecule has 0 bridgehead atoms. The minimum atomic E-state index is -1.05. The number of nitrogens with two attached hydrogens (primary N) is 3. The molecule has 0 unspecified atom stereocenters. The molecule has 3 amide bonds. The number of carbonyl (C=O) groups excluding carboxylic acids is 4. The fourth-order valence-corrected chi connectivity index (χ4v) is 3.88. The van der Waals surface area contributed by atoms with Crippen LogP contribution >= 0.6 is 0 Å². The summed E-state index contributed by atoms with van der Waals surface area (Å²) in [4.78, 5) is 50.5. The fraction of sp³-hybridized carbons (Fsp3) is 0.852. The van der Waals surface area contributed by atoms with Crippen LogP contribution in [0.5, 0.6) is 0 Å². The second kappa shape index (κ2) is 27.9. The van der Waals surface area contributed by atoms with Crippen molar-refractivity contribution >= 4 is 23.5 Å². The zero-order valence-electron chi connectivity index (χ0n) is 25.2. The lowest BCUT2D eigenvalue weighted by Crippen LogP contribution is -2.42. The number of unbranched alkanes of at least 4 members (excludes halogenated alkanes) is 3. The molecule has 0 aromatic heterocycles. The van der Waals surface area contributed by atoms with Crippen LogP contribution in [0.25, 0.3) is 0 Å². The Bertz CT molecular complexity index is 699. The van der Waals surface area contributed by atoms with Gasteiger partial charge in [-0.2, -0.15) is 0 Å². The zero-order valence-corrected chi connectivity index (χ0v) is 25.2. The highest BCUT2D eigenvalue weighted by Gasteiger charge is 2.28. The van der Waals surface area contributed by atoms with Gasteiger partial charge in [0.25, 0.3) is 0 Å². The van der Waals surface area contributed by atoms with Crippen LogP contribution in [0.1, 0.15) is 51.9 Å². The number of hydrogen-bond acceptors (Lipinski definition) is 11. The van der Waals surface area contributed by atoms with Crippen molar-refractivity contribution in [3.63, 3.8) is 0 Å². The summed E-state index contributed by atoms with van der Waals surface area (Å²) in [6, 6.07) is -1.05. The van der Waals surface area contributed by atoms with Gasteiger partial charge in [-0.3, -0.25) is 19.2 Å². The Hall–Kier alpha value is -2.20. The zero-order chi connectivity index (χ0) is 30.6. The molecule has 0 rings (SSSR count). The first kappa shape index (κ1) is 38.8. The van der Waals surface area contributed by atoms with E-state index in [0.29, 0.717) is 45.8 Å². The van der Waals surface area contributed by atoms with Crippen molar-refractivity contribution in [1.29, 1.82) is 0 Å². The van der Waals surface area contributed by atoms with Gasteiger partial charge in [0.1, 0.15) is 0 Å². The predicted molar refractivity (Wildman–Crippen MR) is 163 cm³/mol. The summed E-state index contributed by atoms with van der Waals surface area (Å²) < 4.78 is 0. The maximum Gasteiger partial charge on any atom is 0.224 e. The monoisotopic (exact) mass is 586 g/mol. The molecule has 14 nitrogen and oxygen atoms in total. The van der Waals surface area contributed by atoms with E-state index in [1.54, 1.807) is 0 Å². The first-order valence-corrected chi connectivity index (χ1v) is 15.2. The van der Waals surface area contributed by atoms with Gasteiger partial charge >= 0.3 is 0 Å². The lowest BCUT2D eigenvalue weighted by atomic mass is 9.93. The lowest BCUT2D eigenvalue weighted by Gasteiger charge is -2.18. The Labute approximate surface area is 246 Å². The summed E-state index contributed by atoms with van der Waals surface area (Å²) >= 11 is 0. The smallest absolute Gasteiger partial charge is 0.224 e. The normalized spacial score (nSPS) is 12.5. The minimum Gasteiger partial charge on any atom is -0.356 e. The summed E-state index contributed by atoms with van der Waals surface area (Å²) in [5.74, 6) is -2.28. The van der Waals surface area contributed by atoms with Crippen molar-refractivity contribution in [1.82, 2.24) is 37.2 Å². The predicted octanol–water partition coefficient (Wildman–Crippen LogP) is -3.13. The Morgan fingerprint density at radius 2 is 1.05 bits per heavy atom. The van der Waals surface area contributed by atoms with E-state index in [9.17, 15) is 19.2 Å². The van der Waals surface area contributed by atoms with Crippen LogP contribution < -0.4 is 54.4 Å². The van der Waals surface area contributed by atoms with E-state index in [0.717, 1.165) is 65.0 Å². The standard InChI is InChI=1S/C27H58N10O4/c1-2-3-4-5-8-37-27(41)22(20-25(39)35-17-15-33-13-11-31-9-6-28)19-24(38)23(30)21-26(40)36-18-16-34-14-12-32-10-7-29/h22-23,31-34H,2-21,28-30H2,1H3,(H,35,39)(H,36,40)(H,37,41)/t22-,23+/m0/s1. The third-order valence-corrected chi connectivity index (χ3v) is 6.25. The molecule has 0 spiro atoms. The van der Waals surface area contributed by atoms with Crippen LogP contribution in [0, 0.1) is 5.92 Å². The molecule has 0 aromatic carbocycles. The molecule has 2 atom stereocenters. The number of amides is 3. The number of nitrogens with one attached hydrogen (secondary N) is 7. The van der Waals surface area contributed by atoms with Crippen LogP contribution in [0.15, 0.2) is 0 Å². The van der Waals surface area contributed by atoms with Crippen molar-refractivity contribution in [3.05, 3.63) is 0 Å². The van der Waals surface area contributed by atoms with E-state index in [-0.39, 0.29) is 37.0 Å². The summed E-state index contributed by atoms with van der Waals surface area (Å²) in [6.07, 6.45) is 3.48. The number of Topliss-reactive ketones (excluding diaryl/α,β-unsaturated/α-hetero) is 1. The molecule has 0 aliphatic carbocycles. The van der Waals surface area contributed by atoms with Gasteiger partial charge in [0, 0.05) is 104 Å². The first-order valence-electron chi connectivity index (χ1n) is 15.2. The largest absolute Gasteiger partial charge is 0.356 e. The van der Waals surface area contributed by atoms with Gasteiger partial charge in [-0.25, -0.2) is 0 Å². The van der Waals surface area contributed by atoms with E-state index < -0.39 is 17.7 Å². The summed E-state index contributed by atoms with van der Waals surface area (Å²) in [5, 5.41) is 21.1. The molecule has 240 valence electrons. The molecule has 0 heterocycles. The average Bonchev–Trinajstić information content (AvgIpc) is 2.95. The van der Waals surface area contributed by atoms with Crippen molar-refractivity contribution in [2.75, 3.05) is 85.1 Å². The van der Waals surface area contributed by atoms with Crippen LogP contribution in [0.3, 0.4) is 0 Å². The Kier molecular flexibility index (Phi) is 26.4. The number of rotatable bonds is 29. The van der Waals surface area contributed by atoms with Crippen LogP contribution in [-0.4, -0.2) is 115 Å². The first-order chi connectivity index (χ1) is 19.8. The van der Waals surface area contributed by atoms with Crippen molar-refractivity contribution in [3.8, 4) is 0 Å². The third-order valence-electron chi connectivity index (χ3n) is 6.25. The Morgan fingerprint density at radius 3 is 1.56 bits per heavy atom. The molecule has 0 radical (unpaired) electrons. The van der Waals surface area contributed by atoms with Crippen LogP contribution in [-0.2, 0) is 19.2 Å². The van der Waals surface area contributed by atoms with Crippen molar-refractivity contribution in [2.45, 2.75) is 57.9 Å². The highest BCUT2D eigenvalue weighted by Crippen LogP contribution is 2.12. The summed E-state index contributed by atoms with van der Waals surface area (Å²) in [6.45, 7) is 10.2. The van der Waals surface area contributed by atoms with E-state index in [2.05, 4.69) is 44.1 Å². The highest BCUT2D eigenvalue weighted by molar-refractivity contribution is 5.94. The maximum atomic E-state index is 12.9. The molecular weight excluding hydrogens is 528 g/mol. The van der Waals surface area contributed by atoms with Crippen LogP contribution in [0.4, 0.5) is 0 Å². The fourth-order valence-electron chi connectivity index (χ4n) is 3.88. The minimum absolute atomic E-state index is 0.130. The Balaban J connectivity index is 4.60. The molecular formula is C27H58N10O4. The molecule has 14 heteroatoms. The number of hydrogen-bond donors (Lipinski definition) is 10. The molecule has 0 aliphatic heterocycles. The van der Waals surface area contributed by atoms with Gasteiger partial charge < -0.3 is 54.4 Å². The maximum absolute atomic E-state index is 12.9. The summed E-state index contributed by atoms with van der Waals surface area (Å²) in [7, 11) is 0. The number of ketones is 1. The topological polar surface area (TPSA) is 231 Å². The van der Waals surface area contributed by atoms with Gasteiger partial charge in [0.2, 0.25) is 17.7 Å². The molecule has 0 aliphatic rings. The van der Waals surface area contributed by atoms with E-state index in [4.69, 9.17) is 17.2 Å². The van der Waals surface area contributed by atoms with Crippen molar-refractivity contribution in [2.24, 2.45) is 23.1 Å². The van der Waals surface area contributed by atoms with Crippen LogP contribution in [0.2, 0.25) is 0 Å². The SMILES string of the molecule is CCCCCCNC(=O)[C@H](CC(=O)NCCNCCNCCN)CC(=O)[C@H](N)CC(=O)NCCNCCNCCN. The second-order valence-electron chi connectivity index (χ2n) is 10.0. The molecule has 0 saturated carbocycles. The third kappa shape index (κ3) is 24.1. The second-order valence-corrected chi connectivity index (χ2v) is 10.0. The number of carbonyl (C=O) groups is 4. The van der Waals surface area contributed by atoms with E-state index in [1.165, 1.54) is 0 Å². The highest BCUT2D eigenvalue weighted by atomic mass is 16.2. The van der Waals surface area contributed by atoms with Gasteiger partial charge in [0.05, 0.1) is 12.0 Å². The Morgan fingerprint density at radius 1 is 0.561 bits per heavy atom. The molecule has 13 N–H and O–H groups in total. The van der Waals surface area contributed by atoms with Gasteiger partial charge in [-0.1, -0.05) is 26.2 Å².